The van der Waals surface area contributed by atoms with Gasteiger partial charge in [-0.3, -0.25) is 9.69 Å². The Bertz CT molecular complexity index is 985. The molecule has 150 valence electrons. The summed E-state index contributed by atoms with van der Waals surface area (Å²) in [5.74, 6) is -0.293. The third-order valence-electron chi connectivity index (χ3n) is 5.39. The van der Waals surface area contributed by atoms with Crippen molar-refractivity contribution in [1.82, 2.24) is 10.2 Å². The van der Waals surface area contributed by atoms with Gasteiger partial charge in [0.2, 0.25) is 5.91 Å². The predicted octanol–water partition coefficient (Wildman–Crippen LogP) is 3.71. The normalized spacial score (nSPS) is 15.9. The molecular weight excluding hydrogens is 367 g/mol. The lowest BCUT2D eigenvalue weighted by molar-refractivity contribution is -0.120. The molecule has 4 rings (SSSR count). The molecule has 1 atom stereocenters. The summed E-state index contributed by atoms with van der Waals surface area (Å²) in [6.07, 6.45) is 0.323. The summed E-state index contributed by atoms with van der Waals surface area (Å²) < 4.78 is 19.2. The van der Waals surface area contributed by atoms with E-state index >= 15 is 0 Å². The average Bonchev–Trinajstić information content (AvgIpc) is 2.75. The van der Waals surface area contributed by atoms with Gasteiger partial charge in [-0.15, -0.1) is 0 Å². The highest BCUT2D eigenvalue weighted by molar-refractivity contribution is 5.85. The first-order valence-electron chi connectivity index (χ1n) is 10.0. The summed E-state index contributed by atoms with van der Waals surface area (Å²) in [6, 6.07) is 20.8. The van der Waals surface area contributed by atoms with E-state index in [0.717, 1.165) is 35.0 Å². The molecule has 1 fully saturated rings. The van der Waals surface area contributed by atoms with Gasteiger partial charge in [-0.1, -0.05) is 54.6 Å². The van der Waals surface area contributed by atoms with Gasteiger partial charge in [-0.25, -0.2) is 4.39 Å². The van der Waals surface area contributed by atoms with E-state index in [4.69, 9.17) is 4.74 Å². The number of nitrogens with one attached hydrogen (secondary N) is 1. The van der Waals surface area contributed by atoms with Gasteiger partial charge in [0.25, 0.3) is 0 Å². The molecule has 3 aromatic rings. The predicted molar refractivity (Wildman–Crippen MR) is 112 cm³/mol. The number of halogens is 1. The van der Waals surface area contributed by atoms with Gasteiger partial charge in [-0.05, 0) is 34.0 Å². The highest BCUT2D eigenvalue weighted by atomic mass is 19.1. The second kappa shape index (κ2) is 9.16. The van der Waals surface area contributed by atoms with Crippen LogP contribution in [0.2, 0.25) is 0 Å². The summed E-state index contributed by atoms with van der Waals surface area (Å²) in [5, 5.41) is 5.34. The van der Waals surface area contributed by atoms with E-state index in [1.54, 1.807) is 12.1 Å². The van der Waals surface area contributed by atoms with Crippen LogP contribution in [0.4, 0.5) is 4.39 Å². The standard InChI is InChI=1S/C24H25FN2O2/c25-22-7-3-6-21(16-22)23(27-10-12-29-13-11-27)17-26-24(28)15-18-8-9-19-4-1-2-5-20(19)14-18/h1-9,14,16,23H,10-13,15,17H2,(H,26,28). The molecule has 0 saturated carbocycles. The van der Waals surface area contributed by atoms with Crippen molar-refractivity contribution in [2.24, 2.45) is 0 Å². The van der Waals surface area contributed by atoms with E-state index in [1.807, 2.05) is 30.3 Å². The Morgan fingerprint density at radius 1 is 1.00 bits per heavy atom. The Kier molecular flexibility index (Phi) is 6.17. The summed E-state index contributed by atoms with van der Waals surface area (Å²) >= 11 is 0. The molecule has 1 N–H and O–H groups in total. The number of fused-ring (bicyclic) bond motifs is 1. The number of carbonyl (C=O) groups is 1. The molecule has 0 radical (unpaired) electrons. The van der Waals surface area contributed by atoms with Crippen LogP contribution in [0, 0.1) is 5.82 Å². The van der Waals surface area contributed by atoms with Crippen molar-refractivity contribution in [3.05, 3.63) is 83.7 Å². The maximum absolute atomic E-state index is 13.8. The van der Waals surface area contributed by atoms with Crippen LogP contribution in [-0.2, 0) is 16.0 Å². The number of benzene rings is 3. The molecule has 1 amide bonds. The van der Waals surface area contributed by atoms with Crippen molar-refractivity contribution in [2.75, 3.05) is 32.8 Å². The number of amides is 1. The lowest BCUT2D eigenvalue weighted by atomic mass is 10.0. The average molecular weight is 392 g/mol. The molecule has 4 nitrogen and oxygen atoms in total. The van der Waals surface area contributed by atoms with Gasteiger partial charge in [0, 0.05) is 19.6 Å². The topological polar surface area (TPSA) is 41.6 Å². The maximum Gasteiger partial charge on any atom is 0.224 e. The minimum Gasteiger partial charge on any atom is -0.379 e. The SMILES string of the molecule is O=C(Cc1ccc2ccccc2c1)NCC(c1cccc(F)c1)N1CCOCC1. The zero-order valence-corrected chi connectivity index (χ0v) is 16.3. The number of ether oxygens (including phenoxy) is 1. The number of hydrogen-bond donors (Lipinski definition) is 1. The molecule has 0 aromatic heterocycles. The van der Waals surface area contributed by atoms with Gasteiger partial charge in [-0.2, -0.15) is 0 Å². The molecule has 1 saturated heterocycles. The third-order valence-corrected chi connectivity index (χ3v) is 5.39. The van der Waals surface area contributed by atoms with Crippen molar-refractivity contribution < 1.29 is 13.9 Å². The van der Waals surface area contributed by atoms with Crippen LogP contribution in [0.25, 0.3) is 10.8 Å². The second-order valence-electron chi connectivity index (χ2n) is 7.38. The van der Waals surface area contributed by atoms with Crippen LogP contribution in [0.5, 0.6) is 0 Å². The number of carbonyl (C=O) groups excluding carboxylic acids is 1. The molecule has 0 spiro atoms. The molecule has 0 aliphatic carbocycles. The second-order valence-corrected chi connectivity index (χ2v) is 7.38. The maximum atomic E-state index is 13.8. The molecule has 1 unspecified atom stereocenters. The van der Waals surface area contributed by atoms with E-state index in [1.165, 1.54) is 6.07 Å². The molecule has 5 heteroatoms. The van der Waals surface area contributed by atoms with Gasteiger partial charge >= 0.3 is 0 Å². The first kappa shape index (κ1) is 19.6. The van der Waals surface area contributed by atoms with Gasteiger partial charge in [0.15, 0.2) is 0 Å². The van der Waals surface area contributed by atoms with Gasteiger partial charge < -0.3 is 10.1 Å². The van der Waals surface area contributed by atoms with Crippen LogP contribution in [0.3, 0.4) is 0 Å². The van der Waals surface area contributed by atoms with Crippen LogP contribution < -0.4 is 5.32 Å². The minimum absolute atomic E-state index is 0.0325. The van der Waals surface area contributed by atoms with Gasteiger partial charge in [0.1, 0.15) is 5.82 Å². The van der Waals surface area contributed by atoms with Crippen molar-refractivity contribution >= 4 is 16.7 Å². The highest BCUT2D eigenvalue weighted by Crippen LogP contribution is 2.22. The van der Waals surface area contributed by atoms with Crippen molar-refractivity contribution in [2.45, 2.75) is 12.5 Å². The molecule has 0 bridgehead atoms. The van der Waals surface area contributed by atoms with E-state index in [2.05, 4.69) is 28.4 Å². The first-order valence-corrected chi connectivity index (χ1v) is 10.0. The first-order chi connectivity index (χ1) is 14.2. The highest BCUT2D eigenvalue weighted by Gasteiger charge is 2.23. The van der Waals surface area contributed by atoms with Crippen molar-refractivity contribution in [3.8, 4) is 0 Å². The summed E-state index contributed by atoms with van der Waals surface area (Å²) in [5.41, 5.74) is 1.85. The number of rotatable bonds is 6. The number of hydrogen-bond acceptors (Lipinski definition) is 3. The monoisotopic (exact) mass is 392 g/mol. The smallest absolute Gasteiger partial charge is 0.224 e. The third kappa shape index (κ3) is 5.00. The molecule has 3 aromatic carbocycles. The summed E-state index contributed by atoms with van der Waals surface area (Å²) in [4.78, 5) is 14.9. The Balaban J connectivity index is 1.43. The minimum atomic E-state index is -0.261. The zero-order valence-electron chi connectivity index (χ0n) is 16.3. The Labute approximate surface area is 170 Å². The van der Waals surface area contributed by atoms with E-state index in [0.29, 0.717) is 26.2 Å². The summed E-state index contributed by atoms with van der Waals surface area (Å²) in [7, 11) is 0. The van der Waals surface area contributed by atoms with Gasteiger partial charge in [0.05, 0.1) is 25.7 Å². The van der Waals surface area contributed by atoms with E-state index in [-0.39, 0.29) is 17.8 Å². The lowest BCUT2D eigenvalue weighted by Gasteiger charge is -2.35. The Morgan fingerprint density at radius 3 is 2.59 bits per heavy atom. The van der Waals surface area contributed by atoms with E-state index < -0.39 is 0 Å². The van der Waals surface area contributed by atoms with Crippen LogP contribution in [0.1, 0.15) is 17.2 Å². The summed E-state index contributed by atoms with van der Waals surface area (Å²) in [6.45, 7) is 3.27. The molecule has 29 heavy (non-hydrogen) atoms. The van der Waals surface area contributed by atoms with Crippen molar-refractivity contribution in [3.63, 3.8) is 0 Å². The van der Waals surface area contributed by atoms with Crippen LogP contribution >= 0.6 is 0 Å². The molecule has 1 aliphatic rings. The fraction of sp³-hybridized carbons (Fsp3) is 0.292. The molecular formula is C24H25FN2O2. The van der Waals surface area contributed by atoms with Crippen LogP contribution in [0.15, 0.2) is 66.7 Å². The number of nitrogens with zero attached hydrogens (tertiary/aromatic N) is 1. The van der Waals surface area contributed by atoms with Crippen LogP contribution in [-0.4, -0.2) is 43.7 Å². The van der Waals surface area contributed by atoms with Crippen molar-refractivity contribution in [1.29, 1.82) is 0 Å². The quantitative estimate of drug-likeness (QED) is 0.695. The van der Waals surface area contributed by atoms with E-state index in [9.17, 15) is 9.18 Å². The largest absolute Gasteiger partial charge is 0.379 e. The molecule has 1 aliphatic heterocycles. The lowest BCUT2D eigenvalue weighted by Crippen LogP contribution is -2.44. The Morgan fingerprint density at radius 2 is 1.79 bits per heavy atom. The Hall–Kier alpha value is -2.76. The number of morpholine rings is 1. The molecule has 1 heterocycles. The fourth-order valence-corrected chi connectivity index (χ4v) is 3.87. The fourth-order valence-electron chi connectivity index (χ4n) is 3.87. The zero-order chi connectivity index (χ0) is 20.1.